The molecule has 1 amide bonds. The van der Waals surface area contributed by atoms with Crippen molar-refractivity contribution >= 4 is 26.0 Å². The maximum Gasteiger partial charge on any atom is 0.255 e. The lowest BCUT2D eigenvalue weighted by Crippen LogP contribution is -2.51. The molecule has 0 unspecified atom stereocenters. The van der Waals surface area contributed by atoms with Gasteiger partial charge in [0.2, 0.25) is 20.0 Å². The van der Waals surface area contributed by atoms with Crippen LogP contribution in [0, 0.1) is 5.92 Å². The Balaban J connectivity index is 1.14. The predicted molar refractivity (Wildman–Crippen MR) is 145 cm³/mol. The van der Waals surface area contributed by atoms with Crippen molar-refractivity contribution in [2.45, 2.75) is 32.6 Å². The second-order valence-corrected chi connectivity index (χ2v) is 14.3. The predicted octanol–water partition coefficient (Wildman–Crippen LogP) is 0.977. The number of para-hydroxylation sites is 1. The number of hydrogen-bond acceptors (Lipinski definition) is 8. The van der Waals surface area contributed by atoms with E-state index >= 15 is 0 Å². The van der Waals surface area contributed by atoms with Gasteiger partial charge >= 0.3 is 0 Å². The number of ether oxygens (including phenoxy) is 2. The zero-order valence-corrected chi connectivity index (χ0v) is 23.8. The molecule has 3 heterocycles. The van der Waals surface area contributed by atoms with E-state index in [1.165, 1.54) is 8.61 Å². The van der Waals surface area contributed by atoms with Crippen LogP contribution >= 0.6 is 0 Å². The Bertz CT molecular complexity index is 1160. The topological polar surface area (TPSA) is 126 Å². The van der Waals surface area contributed by atoms with Gasteiger partial charge in [-0.3, -0.25) is 4.79 Å². The van der Waals surface area contributed by atoms with Crippen molar-refractivity contribution < 1.29 is 31.1 Å². The molecule has 0 spiro atoms. The summed E-state index contributed by atoms with van der Waals surface area (Å²) < 4.78 is 64.1. The molecular formula is C25H40N4O7S2. The Morgan fingerprint density at radius 3 is 2.21 bits per heavy atom. The molecule has 1 N–H and O–H groups in total. The monoisotopic (exact) mass is 572 g/mol. The number of fused-ring (bicyclic) bond motifs is 1. The van der Waals surface area contributed by atoms with Gasteiger partial charge in [-0.2, -0.15) is 8.61 Å². The van der Waals surface area contributed by atoms with Crippen LogP contribution in [-0.2, 0) is 20.0 Å². The summed E-state index contributed by atoms with van der Waals surface area (Å²) in [6.07, 6.45) is 2.97. The average Bonchev–Trinajstić information content (AvgIpc) is 2.92. The number of piperazine rings is 1. The summed E-state index contributed by atoms with van der Waals surface area (Å²) >= 11 is 0. The fourth-order valence-corrected chi connectivity index (χ4v) is 8.18. The number of nitrogens with zero attached hydrogens (tertiary/aromatic N) is 3. The highest BCUT2D eigenvalue weighted by atomic mass is 32.2. The van der Waals surface area contributed by atoms with Gasteiger partial charge in [0.15, 0.2) is 11.5 Å². The molecule has 0 atom stereocenters. The number of carbonyl (C=O) groups is 1. The van der Waals surface area contributed by atoms with Crippen molar-refractivity contribution in [2.75, 3.05) is 77.1 Å². The second kappa shape index (κ2) is 12.9. The Labute approximate surface area is 226 Å². The van der Waals surface area contributed by atoms with E-state index in [4.69, 9.17) is 9.47 Å². The highest BCUT2D eigenvalue weighted by molar-refractivity contribution is 7.89. The number of benzene rings is 1. The molecule has 0 aliphatic carbocycles. The Hall–Kier alpha value is -1.93. The molecule has 4 rings (SSSR count). The molecule has 1 aromatic carbocycles. The first-order valence-corrected chi connectivity index (χ1v) is 16.8. The maximum absolute atomic E-state index is 12.8. The third-order valence-corrected chi connectivity index (χ3v) is 11.4. The summed E-state index contributed by atoms with van der Waals surface area (Å²) in [5, 5.41) is 3.03. The molecular weight excluding hydrogens is 532 g/mol. The van der Waals surface area contributed by atoms with E-state index in [0.29, 0.717) is 62.1 Å². The van der Waals surface area contributed by atoms with Crippen LogP contribution in [0.1, 0.15) is 43.0 Å². The number of sulfonamides is 2. The molecule has 2 fully saturated rings. The van der Waals surface area contributed by atoms with Crippen LogP contribution in [0.2, 0.25) is 0 Å². The molecule has 0 saturated carbocycles. The minimum Gasteiger partial charge on any atom is -0.486 e. The lowest BCUT2D eigenvalue weighted by Gasteiger charge is -2.34. The van der Waals surface area contributed by atoms with Gasteiger partial charge in [-0.05, 0) is 63.4 Å². The number of piperidine rings is 1. The minimum atomic E-state index is -3.41. The molecule has 3 aliphatic rings. The summed E-state index contributed by atoms with van der Waals surface area (Å²) in [5.41, 5.74) is 0.491. The third-order valence-electron chi connectivity index (χ3n) is 7.39. The van der Waals surface area contributed by atoms with Crippen molar-refractivity contribution in [2.24, 2.45) is 5.92 Å². The first-order valence-electron chi connectivity index (χ1n) is 13.5. The Morgan fingerprint density at radius 1 is 0.921 bits per heavy atom. The Morgan fingerprint density at radius 2 is 1.55 bits per heavy atom. The minimum absolute atomic E-state index is 0.0673. The van der Waals surface area contributed by atoms with Gasteiger partial charge in [-0.25, -0.2) is 16.8 Å². The molecule has 2 saturated heterocycles. The van der Waals surface area contributed by atoms with E-state index in [9.17, 15) is 21.6 Å². The molecule has 0 aromatic heterocycles. The van der Waals surface area contributed by atoms with E-state index < -0.39 is 20.0 Å². The van der Waals surface area contributed by atoms with E-state index in [-0.39, 0.29) is 43.6 Å². The molecule has 3 aliphatic heterocycles. The maximum atomic E-state index is 12.8. The zero-order valence-electron chi connectivity index (χ0n) is 22.1. The normalized spacial score (nSPS) is 20.3. The van der Waals surface area contributed by atoms with Crippen LogP contribution in [0.25, 0.3) is 0 Å². The van der Waals surface area contributed by atoms with Crippen LogP contribution in [-0.4, -0.2) is 113 Å². The summed E-state index contributed by atoms with van der Waals surface area (Å²) in [5.74, 6) is 1.48. The van der Waals surface area contributed by atoms with Crippen LogP contribution < -0.4 is 14.8 Å². The summed E-state index contributed by atoms with van der Waals surface area (Å²) in [6.45, 7) is 6.63. The third kappa shape index (κ3) is 7.38. The average molecular weight is 573 g/mol. The molecule has 214 valence electrons. The number of nitrogens with one attached hydrogen (secondary N) is 1. The molecule has 38 heavy (non-hydrogen) atoms. The van der Waals surface area contributed by atoms with Gasteiger partial charge in [0.05, 0.1) is 17.1 Å². The zero-order chi connectivity index (χ0) is 27.2. The summed E-state index contributed by atoms with van der Waals surface area (Å²) in [7, 11) is -6.70. The van der Waals surface area contributed by atoms with E-state index in [2.05, 4.69) is 10.2 Å². The van der Waals surface area contributed by atoms with Gasteiger partial charge < -0.3 is 19.7 Å². The van der Waals surface area contributed by atoms with Crippen molar-refractivity contribution in [1.29, 1.82) is 0 Å². The highest BCUT2D eigenvalue weighted by Crippen LogP contribution is 2.33. The lowest BCUT2D eigenvalue weighted by atomic mass is 9.96. The van der Waals surface area contributed by atoms with Gasteiger partial charge in [0.1, 0.15) is 13.2 Å². The number of amides is 1. The number of likely N-dealkylation sites (tertiary alicyclic amines) is 1. The molecule has 1 aromatic rings. The first-order chi connectivity index (χ1) is 18.2. The van der Waals surface area contributed by atoms with Crippen molar-refractivity contribution in [3.8, 4) is 11.5 Å². The number of rotatable bonds is 11. The first kappa shape index (κ1) is 29.1. The van der Waals surface area contributed by atoms with E-state index in [1.54, 1.807) is 18.2 Å². The summed E-state index contributed by atoms with van der Waals surface area (Å²) in [6, 6.07) is 5.33. The SMILES string of the molecule is CCCS(=O)(=O)N1CCN(S(=O)(=O)CCCN2CCC(CNC(=O)c3cccc4c3OCCO4)CC2)CC1. The molecule has 11 nitrogen and oxygen atoms in total. The Kier molecular flexibility index (Phi) is 9.90. The quantitative estimate of drug-likeness (QED) is 0.416. The van der Waals surface area contributed by atoms with Gasteiger partial charge in [0.25, 0.3) is 5.91 Å². The number of hydrogen-bond donors (Lipinski definition) is 1. The molecule has 13 heteroatoms. The van der Waals surface area contributed by atoms with Crippen LogP contribution in [0.4, 0.5) is 0 Å². The van der Waals surface area contributed by atoms with Crippen LogP contribution in [0.3, 0.4) is 0 Å². The summed E-state index contributed by atoms with van der Waals surface area (Å²) in [4.78, 5) is 15.0. The fraction of sp³-hybridized carbons (Fsp3) is 0.720. The largest absolute Gasteiger partial charge is 0.486 e. The van der Waals surface area contributed by atoms with E-state index in [1.807, 2.05) is 6.92 Å². The fourth-order valence-electron chi connectivity index (χ4n) is 5.21. The van der Waals surface area contributed by atoms with Crippen LogP contribution in [0.15, 0.2) is 18.2 Å². The van der Waals surface area contributed by atoms with Gasteiger partial charge in [-0.1, -0.05) is 13.0 Å². The lowest BCUT2D eigenvalue weighted by molar-refractivity contribution is 0.0925. The highest BCUT2D eigenvalue weighted by Gasteiger charge is 2.31. The molecule has 0 radical (unpaired) electrons. The molecule has 0 bridgehead atoms. The van der Waals surface area contributed by atoms with Crippen molar-refractivity contribution in [3.05, 3.63) is 23.8 Å². The standard InChI is InChI=1S/C25H40N4O7S2/c1-2-18-37(31,32)28-12-14-29(15-13-28)38(33,34)19-4-9-27-10-7-21(8-11-27)20-26-25(30)22-5-3-6-23-24(22)36-17-16-35-23/h3,5-6,21H,2,4,7-20H2,1H3,(H,26,30). The van der Waals surface area contributed by atoms with Crippen LogP contribution in [0.5, 0.6) is 11.5 Å². The van der Waals surface area contributed by atoms with Crippen molar-refractivity contribution in [1.82, 2.24) is 18.8 Å². The second-order valence-electron chi connectivity index (χ2n) is 10.1. The number of carbonyl (C=O) groups excluding carboxylic acids is 1. The van der Waals surface area contributed by atoms with Gasteiger partial charge in [0, 0.05) is 32.7 Å². The van der Waals surface area contributed by atoms with Crippen molar-refractivity contribution in [3.63, 3.8) is 0 Å². The van der Waals surface area contributed by atoms with E-state index in [0.717, 1.165) is 25.9 Å². The van der Waals surface area contributed by atoms with Gasteiger partial charge in [-0.15, -0.1) is 0 Å². The smallest absolute Gasteiger partial charge is 0.255 e.